The highest BCUT2D eigenvalue weighted by Crippen LogP contribution is 2.37. The number of aromatic nitrogens is 5. The van der Waals surface area contributed by atoms with Crippen LogP contribution in [0, 0.1) is 25.7 Å². The fraction of sp³-hybridized carbons (Fsp3) is 0.448. The van der Waals surface area contributed by atoms with Gasteiger partial charge in [-0.05, 0) is 86.3 Å². The summed E-state index contributed by atoms with van der Waals surface area (Å²) in [5.41, 5.74) is 7.31. The predicted octanol–water partition coefficient (Wildman–Crippen LogP) is 5.63. The Hall–Kier alpha value is -3.68. The number of carbonyl (C=O) groups excluding carboxylic acids is 1. The van der Waals surface area contributed by atoms with E-state index in [0.717, 1.165) is 48.1 Å². The minimum atomic E-state index is -0.199. The van der Waals surface area contributed by atoms with Crippen molar-refractivity contribution in [2.45, 2.75) is 59.4 Å². The van der Waals surface area contributed by atoms with Crippen molar-refractivity contribution in [3.63, 3.8) is 0 Å². The third kappa shape index (κ3) is 4.28. The number of pyridine rings is 1. The molecule has 1 aliphatic heterocycles. The van der Waals surface area contributed by atoms with E-state index in [1.165, 1.54) is 11.1 Å². The summed E-state index contributed by atoms with van der Waals surface area (Å²) in [5.74, 6) is 2.47. The van der Waals surface area contributed by atoms with Gasteiger partial charge in [-0.3, -0.25) is 15.1 Å². The lowest BCUT2D eigenvalue weighted by Crippen LogP contribution is -2.18. The first-order valence-corrected chi connectivity index (χ1v) is 13.2. The predicted molar refractivity (Wildman–Crippen MR) is 144 cm³/mol. The van der Waals surface area contributed by atoms with Gasteiger partial charge in [-0.25, -0.2) is 9.67 Å². The molecule has 1 saturated carbocycles. The average molecular weight is 499 g/mol. The summed E-state index contributed by atoms with van der Waals surface area (Å²) in [4.78, 5) is 23.2. The van der Waals surface area contributed by atoms with Crippen molar-refractivity contribution < 1.29 is 9.53 Å². The van der Waals surface area contributed by atoms with E-state index in [4.69, 9.17) is 14.7 Å². The first-order chi connectivity index (χ1) is 17.8. The summed E-state index contributed by atoms with van der Waals surface area (Å²) < 4.78 is 10.3. The zero-order chi connectivity index (χ0) is 25.8. The number of amides is 1. The summed E-state index contributed by atoms with van der Waals surface area (Å²) in [6.45, 7) is 9.94. The van der Waals surface area contributed by atoms with Crippen molar-refractivity contribution in [3.05, 3.63) is 52.8 Å². The maximum absolute atomic E-state index is 13.6. The molecule has 0 spiro atoms. The molecule has 8 heteroatoms. The van der Waals surface area contributed by atoms with Gasteiger partial charge in [-0.2, -0.15) is 5.10 Å². The molecule has 1 aromatic carbocycles. The molecular formula is C29H34N6O2. The number of imidazole rings is 1. The van der Waals surface area contributed by atoms with Gasteiger partial charge in [-0.1, -0.05) is 13.8 Å². The average Bonchev–Trinajstić information content (AvgIpc) is 3.54. The molecular weight excluding hydrogens is 464 g/mol. The van der Waals surface area contributed by atoms with Crippen molar-refractivity contribution >= 4 is 22.9 Å². The van der Waals surface area contributed by atoms with Crippen LogP contribution in [0.1, 0.15) is 66.2 Å². The van der Waals surface area contributed by atoms with Crippen LogP contribution in [0.25, 0.3) is 22.3 Å². The highest BCUT2D eigenvalue weighted by Gasteiger charge is 2.29. The fourth-order valence-electron chi connectivity index (χ4n) is 6.03. The van der Waals surface area contributed by atoms with Crippen molar-refractivity contribution in [2.24, 2.45) is 18.9 Å². The van der Waals surface area contributed by atoms with E-state index >= 15 is 0 Å². The number of hydrogen-bond donors (Lipinski definition) is 1. The van der Waals surface area contributed by atoms with Gasteiger partial charge in [0.1, 0.15) is 0 Å². The summed E-state index contributed by atoms with van der Waals surface area (Å²) in [6, 6.07) is 8.04. The summed E-state index contributed by atoms with van der Waals surface area (Å²) in [7, 11) is 1.88. The van der Waals surface area contributed by atoms with Gasteiger partial charge in [0.2, 0.25) is 11.8 Å². The second-order valence-corrected chi connectivity index (χ2v) is 11.1. The fourth-order valence-corrected chi connectivity index (χ4v) is 6.03. The number of nitrogens with zero attached hydrogens (tertiary/aromatic N) is 5. The topological polar surface area (TPSA) is 86.9 Å². The van der Waals surface area contributed by atoms with E-state index in [1.54, 1.807) is 10.9 Å². The minimum absolute atomic E-state index is 0.199. The van der Waals surface area contributed by atoms with E-state index in [-0.39, 0.29) is 5.91 Å². The Morgan fingerprint density at radius 3 is 2.70 bits per heavy atom. The van der Waals surface area contributed by atoms with Crippen molar-refractivity contribution in [1.82, 2.24) is 24.3 Å². The van der Waals surface area contributed by atoms with E-state index in [9.17, 15) is 4.79 Å². The first kappa shape index (κ1) is 23.7. The Morgan fingerprint density at radius 2 is 1.89 bits per heavy atom. The lowest BCUT2D eigenvalue weighted by molar-refractivity contribution is 0.102. The van der Waals surface area contributed by atoms with Crippen LogP contribution in [0.3, 0.4) is 0 Å². The molecule has 2 aliphatic rings. The standard InChI is InChI=1S/C29H34N6O2/c1-16(2)22-12-26-25(8-17(22)3)32-29-33-27(36)21-9-18(4)31-24(11-21)23-13-30-34(5)28(23)37-15-20-7-6-19(10-20)14-35(26)29/h8-9,11-13,16,19-20H,6-7,10,14-15H2,1-5H3,(H,32,33,36)/t19-,20+/m1/s1. The quantitative estimate of drug-likeness (QED) is 0.367. The zero-order valence-corrected chi connectivity index (χ0v) is 22.2. The number of nitrogens with one attached hydrogen (secondary N) is 1. The molecule has 6 rings (SSSR count). The second-order valence-electron chi connectivity index (χ2n) is 11.1. The van der Waals surface area contributed by atoms with E-state index in [2.05, 4.69) is 47.9 Å². The maximum atomic E-state index is 13.6. The van der Waals surface area contributed by atoms with Crippen molar-refractivity contribution in [1.29, 1.82) is 0 Å². The Labute approximate surface area is 217 Å². The van der Waals surface area contributed by atoms with Gasteiger partial charge in [0.15, 0.2) is 0 Å². The van der Waals surface area contributed by atoms with Gasteiger partial charge >= 0.3 is 0 Å². The van der Waals surface area contributed by atoms with Crippen molar-refractivity contribution in [3.8, 4) is 17.1 Å². The monoisotopic (exact) mass is 498 g/mol. The van der Waals surface area contributed by atoms with Crippen LogP contribution in [0.5, 0.6) is 5.88 Å². The molecule has 8 nitrogen and oxygen atoms in total. The summed E-state index contributed by atoms with van der Waals surface area (Å²) >= 11 is 0. The highest BCUT2D eigenvalue weighted by atomic mass is 16.5. The number of rotatable bonds is 1. The van der Waals surface area contributed by atoms with Gasteiger partial charge in [-0.15, -0.1) is 0 Å². The molecule has 4 heterocycles. The molecule has 4 bridgehead atoms. The smallest absolute Gasteiger partial charge is 0.258 e. The molecule has 1 amide bonds. The van der Waals surface area contributed by atoms with Crippen molar-refractivity contribution in [2.75, 3.05) is 11.9 Å². The van der Waals surface area contributed by atoms with Gasteiger partial charge in [0.05, 0.1) is 35.1 Å². The Balaban J connectivity index is 1.49. The number of ether oxygens (including phenoxy) is 1. The normalized spacial score (nSPS) is 19.7. The molecule has 0 saturated heterocycles. The molecule has 4 aromatic rings. The minimum Gasteiger partial charge on any atom is -0.477 e. The Kier molecular flexibility index (Phi) is 5.77. The van der Waals surface area contributed by atoms with Crippen LogP contribution in [-0.2, 0) is 13.6 Å². The van der Waals surface area contributed by atoms with Crippen LogP contribution in [-0.4, -0.2) is 36.8 Å². The molecule has 0 radical (unpaired) electrons. The zero-order valence-electron chi connectivity index (χ0n) is 22.2. The molecule has 3 aromatic heterocycles. The van der Waals surface area contributed by atoms with Gasteiger partial charge in [0, 0.05) is 24.8 Å². The SMILES string of the molecule is Cc1cc2cc(n1)-c1cnn(C)c1OC[C@H]1CC[C@H](C1)Cn1c(nc3cc(C)c(C(C)C)cc31)NC2=O. The van der Waals surface area contributed by atoms with Crippen LogP contribution in [0.4, 0.5) is 5.95 Å². The highest BCUT2D eigenvalue weighted by molar-refractivity contribution is 6.04. The molecule has 1 N–H and O–H groups in total. The van der Waals surface area contributed by atoms with Gasteiger partial charge in [0.25, 0.3) is 5.91 Å². The molecule has 37 heavy (non-hydrogen) atoms. The number of hydrogen-bond acceptors (Lipinski definition) is 5. The third-order valence-corrected chi connectivity index (χ3v) is 7.91. The number of benzene rings is 1. The van der Waals surface area contributed by atoms with E-state index in [0.29, 0.717) is 47.4 Å². The summed E-state index contributed by atoms with van der Waals surface area (Å²) in [6.07, 6.45) is 5.09. The van der Waals surface area contributed by atoms with Crippen LogP contribution >= 0.6 is 0 Å². The lowest BCUT2D eigenvalue weighted by atomic mass is 9.97. The Morgan fingerprint density at radius 1 is 1.08 bits per heavy atom. The number of aryl methyl sites for hydroxylation is 3. The van der Waals surface area contributed by atoms with Crippen LogP contribution in [0.15, 0.2) is 30.5 Å². The van der Waals surface area contributed by atoms with E-state index in [1.807, 2.05) is 26.1 Å². The number of fused-ring (bicyclic) bond motifs is 9. The molecule has 1 fully saturated rings. The maximum Gasteiger partial charge on any atom is 0.258 e. The van der Waals surface area contributed by atoms with Gasteiger partial charge < -0.3 is 9.30 Å². The van der Waals surface area contributed by atoms with E-state index < -0.39 is 0 Å². The lowest BCUT2D eigenvalue weighted by Gasteiger charge is -2.17. The molecule has 1 aliphatic carbocycles. The van der Waals surface area contributed by atoms with Crippen LogP contribution in [0.2, 0.25) is 0 Å². The Bertz CT molecular complexity index is 1510. The number of anilines is 1. The van der Waals surface area contributed by atoms with Crippen LogP contribution < -0.4 is 10.1 Å². The second kappa shape index (κ2) is 9.01. The molecule has 0 unspecified atom stereocenters. The first-order valence-electron chi connectivity index (χ1n) is 13.2. The molecule has 2 atom stereocenters. The number of carbonyl (C=O) groups is 1. The third-order valence-electron chi connectivity index (χ3n) is 7.91. The largest absolute Gasteiger partial charge is 0.477 e. The summed E-state index contributed by atoms with van der Waals surface area (Å²) in [5, 5.41) is 7.57. The molecule has 192 valence electrons.